The molecule has 0 radical (unpaired) electrons. The van der Waals surface area contributed by atoms with Crippen LogP contribution in [0.15, 0.2) is 48.7 Å². The minimum absolute atomic E-state index is 0.277. The predicted molar refractivity (Wildman–Crippen MR) is 120 cm³/mol. The first kappa shape index (κ1) is 23.7. The molecule has 9 nitrogen and oxygen atoms in total. The third-order valence-electron chi connectivity index (χ3n) is 4.06. The Balaban J connectivity index is 1.86. The molecule has 1 unspecified atom stereocenters. The predicted octanol–water partition coefficient (Wildman–Crippen LogP) is 4.13. The first-order valence-corrected chi connectivity index (χ1v) is 11.7. The van der Waals surface area contributed by atoms with Crippen LogP contribution in [0.4, 0.5) is 10.5 Å². The van der Waals surface area contributed by atoms with Crippen LogP contribution in [0.1, 0.15) is 32.4 Å². The van der Waals surface area contributed by atoms with E-state index >= 15 is 0 Å². The molecule has 0 saturated carbocycles. The SMILES string of the molecule is CC(C)(C)OC(=O)n1ncc2cc(NC(=O)C(OS(C)(=O)=O)c3cccc(Cl)c3)ccc21. The fraction of sp³-hybridized carbons (Fsp3) is 0.286. The summed E-state index contributed by atoms with van der Waals surface area (Å²) in [5.74, 6) is -0.712. The molecule has 11 heteroatoms. The van der Waals surface area contributed by atoms with Gasteiger partial charge in [0.25, 0.3) is 16.0 Å². The standard InChI is InChI=1S/C21H22ClN3O6S/c1-21(2,3)30-20(27)25-17-9-8-16(11-14(17)12-23-25)24-19(26)18(31-32(4,28)29)13-6-5-7-15(22)10-13/h5-12,18H,1-4H3,(H,24,26). The molecule has 1 amide bonds. The zero-order chi connectivity index (χ0) is 23.7. The van der Waals surface area contributed by atoms with Crippen molar-refractivity contribution < 1.29 is 26.9 Å². The number of carbonyl (C=O) groups excluding carboxylic acids is 2. The van der Waals surface area contributed by atoms with Gasteiger partial charge in [-0.3, -0.25) is 8.98 Å². The van der Waals surface area contributed by atoms with Crippen molar-refractivity contribution >= 4 is 50.3 Å². The zero-order valence-corrected chi connectivity index (χ0v) is 19.4. The van der Waals surface area contributed by atoms with Crippen LogP contribution in [0.5, 0.6) is 0 Å². The van der Waals surface area contributed by atoms with Gasteiger partial charge < -0.3 is 10.1 Å². The summed E-state index contributed by atoms with van der Waals surface area (Å²) in [4.78, 5) is 25.2. The first-order chi connectivity index (χ1) is 14.8. The number of nitrogens with zero attached hydrogens (tertiary/aromatic N) is 2. The van der Waals surface area contributed by atoms with Gasteiger partial charge in [-0.1, -0.05) is 23.7 Å². The Kier molecular flexibility index (Phi) is 6.59. The summed E-state index contributed by atoms with van der Waals surface area (Å²) in [7, 11) is -3.95. The fourth-order valence-electron chi connectivity index (χ4n) is 2.86. The van der Waals surface area contributed by atoms with E-state index in [0.717, 1.165) is 10.9 Å². The second kappa shape index (κ2) is 8.89. The highest BCUT2D eigenvalue weighted by molar-refractivity contribution is 7.86. The van der Waals surface area contributed by atoms with Gasteiger partial charge in [0.2, 0.25) is 0 Å². The number of fused-ring (bicyclic) bond motifs is 1. The number of anilines is 1. The Bertz CT molecular complexity index is 1280. The summed E-state index contributed by atoms with van der Waals surface area (Å²) < 4.78 is 34.9. The minimum Gasteiger partial charge on any atom is -0.442 e. The van der Waals surface area contributed by atoms with Crippen molar-refractivity contribution in [2.24, 2.45) is 0 Å². The molecular formula is C21H22ClN3O6S. The maximum atomic E-state index is 12.9. The van der Waals surface area contributed by atoms with E-state index in [1.54, 1.807) is 51.1 Å². The normalized spacial score (nSPS) is 13.0. The van der Waals surface area contributed by atoms with Gasteiger partial charge in [-0.25, -0.2) is 4.79 Å². The Morgan fingerprint density at radius 3 is 2.50 bits per heavy atom. The number of ether oxygens (including phenoxy) is 1. The van der Waals surface area contributed by atoms with Crippen LogP contribution in [0.25, 0.3) is 10.9 Å². The highest BCUT2D eigenvalue weighted by atomic mass is 35.5. The number of hydrogen-bond acceptors (Lipinski definition) is 7. The van der Waals surface area contributed by atoms with Crippen LogP contribution < -0.4 is 5.32 Å². The number of benzene rings is 2. The highest BCUT2D eigenvalue weighted by Gasteiger charge is 2.27. The third kappa shape index (κ3) is 6.06. The Morgan fingerprint density at radius 2 is 1.88 bits per heavy atom. The molecule has 0 aliphatic rings. The van der Waals surface area contributed by atoms with Gasteiger partial charge in [0, 0.05) is 16.1 Å². The number of nitrogens with one attached hydrogen (secondary N) is 1. The van der Waals surface area contributed by atoms with Gasteiger partial charge in [0.1, 0.15) is 5.60 Å². The molecule has 170 valence electrons. The molecule has 1 heterocycles. The van der Waals surface area contributed by atoms with Crippen molar-refractivity contribution in [1.82, 2.24) is 9.78 Å². The Hall–Kier alpha value is -2.95. The van der Waals surface area contributed by atoms with E-state index in [2.05, 4.69) is 10.4 Å². The van der Waals surface area contributed by atoms with Gasteiger partial charge in [0.15, 0.2) is 6.10 Å². The van der Waals surface area contributed by atoms with Gasteiger partial charge in [0.05, 0.1) is 18.0 Å². The molecular weight excluding hydrogens is 458 g/mol. The molecule has 0 bridgehead atoms. The summed E-state index contributed by atoms with van der Waals surface area (Å²) in [6.45, 7) is 5.25. The van der Waals surface area contributed by atoms with E-state index in [0.29, 0.717) is 21.6 Å². The van der Waals surface area contributed by atoms with Crippen molar-refractivity contribution in [3.05, 3.63) is 59.2 Å². The number of amides is 1. The largest absolute Gasteiger partial charge is 0.442 e. The van der Waals surface area contributed by atoms with E-state index in [1.807, 2.05) is 0 Å². The smallest absolute Gasteiger partial charge is 0.435 e. The quantitative estimate of drug-likeness (QED) is 0.547. The number of hydrogen-bond donors (Lipinski definition) is 1. The van der Waals surface area contributed by atoms with Crippen molar-refractivity contribution in [2.45, 2.75) is 32.5 Å². The Morgan fingerprint density at radius 1 is 1.16 bits per heavy atom. The van der Waals surface area contributed by atoms with Crippen LogP contribution in [-0.4, -0.2) is 42.1 Å². The average Bonchev–Trinajstić information content (AvgIpc) is 3.07. The van der Waals surface area contributed by atoms with Crippen LogP contribution in [0, 0.1) is 0 Å². The maximum Gasteiger partial charge on any atom is 0.435 e. The molecule has 32 heavy (non-hydrogen) atoms. The molecule has 0 aliphatic heterocycles. The van der Waals surface area contributed by atoms with Crippen LogP contribution >= 0.6 is 11.6 Å². The lowest BCUT2D eigenvalue weighted by molar-refractivity contribution is -0.122. The fourth-order valence-corrected chi connectivity index (χ4v) is 3.61. The zero-order valence-electron chi connectivity index (χ0n) is 17.8. The highest BCUT2D eigenvalue weighted by Crippen LogP contribution is 2.26. The molecule has 0 spiro atoms. The molecule has 0 fully saturated rings. The molecule has 0 aliphatic carbocycles. The van der Waals surface area contributed by atoms with Gasteiger partial charge in [-0.2, -0.15) is 18.2 Å². The lowest BCUT2D eigenvalue weighted by Gasteiger charge is -2.19. The van der Waals surface area contributed by atoms with E-state index < -0.39 is 33.8 Å². The number of halogens is 1. The number of rotatable bonds is 5. The van der Waals surface area contributed by atoms with Crippen molar-refractivity contribution in [3.8, 4) is 0 Å². The number of carbonyl (C=O) groups is 2. The molecule has 3 aromatic rings. The summed E-state index contributed by atoms with van der Waals surface area (Å²) >= 11 is 5.97. The lowest BCUT2D eigenvalue weighted by Crippen LogP contribution is -2.27. The second-order valence-corrected chi connectivity index (χ2v) is 10.1. The van der Waals surface area contributed by atoms with Crippen molar-refractivity contribution in [3.63, 3.8) is 0 Å². The molecule has 1 N–H and O–H groups in total. The van der Waals surface area contributed by atoms with E-state index in [4.69, 9.17) is 20.5 Å². The van der Waals surface area contributed by atoms with Crippen molar-refractivity contribution in [2.75, 3.05) is 11.6 Å². The topological polar surface area (TPSA) is 117 Å². The van der Waals surface area contributed by atoms with E-state index in [9.17, 15) is 18.0 Å². The summed E-state index contributed by atoms with van der Waals surface area (Å²) in [5, 5.41) is 7.57. The first-order valence-electron chi connectivity index (χ1n) is 9.48. The monoisotopic (exact) mass is 479 g/mol. The molecule has 1 aromatic heterocycles. The van der Waals surface area contributed by atoms with E-state index in [-0.39, 0.29) is 5.56 Å². The molecule has 1 atom stereocenters. The molecule has 2 aromatic carbocycles. The van der Waals surface area contributed by atoms with Gasteiger partial charge >= 0.3 is 6.09 Å². The van der Waals surface area contributed by atoms with Crippen LogP contribution in [-0.2, 0) is 23.8 Å². The summed E-state index contributed by atoms with van der Waals surface area (Å²) in [5.41, 5.74) is 0.434. The second-order valence-electron chi connectivity index (χ2n) is 8.03. The minimum atomic E-state index is -3.95. The summed E-state index contributed by atoms with van der Waals surface area (Å²) in [6.07, 6.45) is 0.237. The average molecular weight is 480 g/mol. The number of aromatic nitrogens is 2. The van der Waals surface area contributed by atoms with Gasteiger partial charge in [-0.15, -0.1) is 0 Å². The van der Waals surface area contributed by atoms with Crippen LogP contribution in [0.2, 0.25) is 5.02 Å². The molecule has 0 saturated heterocycles. The van der Waals surface area contributed by atoms with Gasteiger partial charge in [-0.05, 0) is 56.7 Å². The lowest BCUT2D eigenvalue weighted by atomic mass is 10.1. The van der Waals surface area contributed by atoms with E-state index in [1.165, 1.54) is 18.3 Å². The Labute approximate surface area is 190 Å². The third-order valence-corrected chi connectivity index (χ3v) is 4.84. The maximum absolute atomic E-state index is 12.9. The van der Waals surface area contributed by atoms with Crippen molar-refractivity contribution in [1.29, 1.82) is 0 Å². The van der Waals surface area contributed by atoms with Crippen LogP contribution in [0.3, 0.4) is 0 Å². The summed E-state index contributed by atoms with van der Waals surface area (Å²) in [6, 6.07) is 10.9. The molecule has 3 rings (SSSR count).